The molecule has 1 heterocycles. The van der Waals surface area contributed by atoms with Gasteiger partial charge in [-0.05, 0) is 51.2 Å². The van der Waals surface area contributed by atoms with Gasteiger partial charge in [0, 0.05) is 32.1 Å². The van der Waals surface area contributed by atoms with Gasteiger partial charge in [0.1, 0.15) is 5.82 Å². The summed E-state index contributed by atoms with van der Waals surface area (Å²) in [6.45, 7) is 7.66. The fraction of sp³-hybridized carbons (Fsp3) is 0.850. The van der Waals surface area contributed by atoms with E-state index in [0.717, 1.165) is 42.2 Å². The first-order chi connectivity index (χ1) is 13.0. The highest BCUT2D eigenvalue weighted by molar-refractivity contribution is 14.0. The zero-order valence-electron chi connectivity index (χ0n) is 18.2. The molecule has 6 nitrogen and oxygen atoms in total. The van der Waals surface area contributed by atoms with Gasteiger partial charge in [0.2, 0.25) is 0 Å². The number of guanidine groups is 1. The average molecular weight is 523 g/mol. The van der Waals surface area contributed by atoms with Gasteiger partial charge in [0.25, 0.3) is 0 Å². The molecule has 162 valence electrons. The molecule has 1 atom stereocenters. The van der Waals surface area contributed by atoms with Crippen LogP contribution in [0.25, 0.3) is 0 Å². The molecule has 1 aliphatic rings. The monoisotopic (exact) mass is 522 g/mol. The molecule has 1 aromatic rings. The quantitative estimate of drug-likeness (QED) is 0.154. The molecular formula is C20H39IN6S. The molecule has 0 bridgehead atoms. The Morgan fingerprint density at radius 3 is 2.54 bits per heavy atom. The Hall–Kier alpha value is -0.510. The lowest BCUT2D eigenvalue weighted by molar-refractivity contribution is 0.460. The summed E-state index contributed by atoms with van der Waals surface area (Å²) >= 11 is 1.71. The van der Waals surface area contributed by atoms with Gasteiger partial charge in [0.05, 0.1) is 0 Å². The maximum absolute atomic E-state index is 4.48. The minimum absolute atomic E-state index is 0. The van der Waals surface area contributed by atoms with Crippen LogP contribution in [-0.4, -0.2) is 46.6 Å². The van der Waals surface area contributed by atoms with Crippen molar-refractivity contribution in [2.24, 2.45) is 10.9 Å². The zero-order chi connectivity index (χ0) is 19.6. The van der Waals surface area contributed by atoms with E-state index in [-0.39, 0.29) is 24.0 Å². The predicted molar refractivity (Wildman–Crippen MR) is 131 cm³/mol. The molecule has 8 heteroatoms. The SMILES string of the molecule is CN=C(NCCCc1nnc(SC)n1C1CCCC1)NC(C)CCC(C)C.I. The van der Waals surface area contributed by atoms with Crippen LogP contribution in [0.4, 0.5) is 0 Å². The number of nitrogens with one attached hydrogen (secondary N) is 2. The number of aryl methyl sites for hydroxylation is 1. The number of hydrogen-bond donors (Lipinski definition) is 2. The van der Waals surface area contributed by atoms with Crippen molar-refractivity contribution in [1.29, 1.82) is 0 Å². The third kappa shape index (κ3) is 8.08. The molecule has 2 rings (SSSR count). The lowest BCUT2D eigenvalue weighted by Crippen LogP contribution is -2.42. The molecule has 1 unspecified atom stereocenters. The van der Waals surface area contributed by atoms with Gasteiger partial charge in [-0.15, -0.1) is 34.2 Å². The van der Waals surface area contributed by atoms with E-state index < -0.39 is 0 Å². The fourth-order valence-corrected chi connectivity index (χ4v) is 4.26. The molecular weight excluding hydrogens is 483 g/mol. The van der Waals surface area contributed by atoms with E-state index in [2.05, 4.69) is 57.4 Å². The highest BCUT2D eigenvalue weighted by atomic mass is 127. The summed E-state index contributed by atoms with van der Waals surface area (Å²) in [5.41, 5.74) is 0. The first-order valence-corrected chi connectivity index (χ1v) is 11.7. The van der Waals surface area contributed by atoms with E-state index in [4.69, 9.17) is 0 Å². The third-order valence-corrected chi connectivity index (χ3v) is 5.90. The number of thioether (sulfide) groups is 1. The molecule has 1 fully saturated rings. The summed E-state index contributed by atoms with van der Waals surface area (Å²) in [6, 6.07) is 1.04. The van der Waals surface area contributed by atoms with Crippen molar-refractivity contribution in [2.45, 2.75) is 89.4 Å². The highest BCUT2D eigenvalue weighted by Gasteiger charge is 2.23. The number of hydrogen-bond acceptors (Lipinski definition) is 4. The number of halogens is 1. The topological polar surface area (TPSA) is 67.1 Å². The van der Waals surface area contributed by atoms with Crippen molar-refractivity contribution in [3.05, 3.63) is 5.82 Å². The molecule has 0 aromatic carbocycles. The number of aromatic nitrogens is 3. The maximum Gasteiger partial charge on any atom is 0.191 e. The van der Waals surface area contributed by atoms with Crippen molar-refractivity contribution in [3.8, 4) is 0 Å². The predicted octanol–water partition coefficient (Wildman–Crippen LogP) is 4.66. The molecule has 0 amide bonds. The van der Waals surface area contributed by atoms with E-state index in [0.29, 0.717) is 12.1 Å². The third-order valence-electron chi connectivity index (χ3n) is 5.26. The Morgan fingerprint density at radius 1 is 1.21 bits per heavy atom. The average Bonchev–Trinajstić information content (AvgIpc) is 3.31. The van der Waals surface area contributed by atoms with Crippen molar-refractivity contribution in [3.63, 3.8) is 0 Å². The van der Waals surface area contributed by atoms with E-state index in [9.17, 15) is 0 Å². The van der Waals surface area contributed by atoms with E-state index in [1.807, 2.05) is 7.05 Å². The van der Waals surface area contributed by atoms with Crippen molar-refractivity contribution < 1.29 is 0 Å². The van der Waals surface area contributed by atoms with Crippen molar-refractivity contribution in [1.82, 2.24) is 25.4 Å². The standard InChI is InChI=1S/C20H38N6S.HI/c1-15(2)12-13-16(3)23-19(21-4)22-14-8-11-18-24-25-20(27-5)26(18)17-9-6-7-10-17;/h15-17H,6-14H2,1-5H3,(H2,21,22,23);1H. The van der Waals surface area contributed by atoms with Crippen LogP contribution in [0.2, 0.25) is 0 Å². The maximum atomic E-state index is 4.48. The Morgan fingerprint density at radius 2 is 1.93 bits per heavy atom. The minimum Gasteiger partial charge on any atom is -0.356 e. The van der Waals surface area contributed by atoms with Crippen LogP contribution in [0, 0.1) is 5.92 Å². The van der Waals surface area contributed by atoms with E-state index >= 15 is 0 Å². The second kappa shape index (κ2) is 13.7. The Bertz CT molecular complexity index is 583. The molecule has 1 saturated carbocycles. The van der Waals surface area contributed by atoms with Crippen LogP contribution in [0.5, 0.6) is 0 Å². The summed E-state index contributed by atoms with van der Waals surface area (Å²) in [5.74, 6) is 2.78. The van der Waals surface area contributed by atoms with Crippen LogP contribution in [0.15, 0.2) is 10.1 Å². The summed E-state index contributed by atoms with van der Waals surface area (Å²) in [6.07, 6.45) is 11.7. The normalized spacial score (nSPS) is 16.3. The lowest BCUT2D eigenvalue weighted by Gasteiger charge is -2.19. The highest BCUT2D eigenvalue weighted by Crippen LogP contribution is 2.33. The largest absolute Gasteiger partial charge is 0.356 e. The van der Waals surface area contributed by atoms with Gasteiger partial charge < -0.3 is 15.2 Å². The van der Waals surface area contributed by atoms with Gasteiger partial charge in [-0.1, -0.05) is 38.5 Å². The first kappa shape index (κ1) is 25.5. The lowest BCUT2D eigenvalue weighted by atomic mass is 10.0. The summed E-state index contributed by atoms with van der Waals surface area (Å²) in [4.78, 5) is 4.36. The van der Waals surface area contributed by atoms with Gasteiger partial charge in [0.15, 0.2) is 11.1 Å². The molecule has 1 aliphatic carbocycles. The van der Waals surface area contributed by atoms with E-state index in [1.54, 1.807) is 11.8 Å². The molecule has 28 heavy (non-hydrogen) atoms. The molecule has 1 aromatic heterocycles. The number of aliphatic imine (C=N–C) groups is 1. The Kier molecular flexibility index (Phi) is 12.5. The number of nitrogens with zero attached hydrogens (tertiary/aromatic N) is 4. The molecule has 0 radical (unpaired) electrons. The van der Waals surface area contributed by atoms with Crippen LogP contribution < -0.4 is 10.6 Å². The molecule has 0 saturated heterocycles. The van der Waals surface area contributed by atoms with Crippen molar-refractivity contribution >= 4 is 41.7 Å². The minimum atomic E-state index is 0. The van der Waals surface area contributed by atoms with Gasteiger partial charge >= 0.3 is 0 Å². The van der Waals surface area contributed by atoms with Crippen LogP contribution in [0.3, 0.4) is 0 Å². The van der Waals surface area contributed by atoms with Crippen molar-refractivity contribution in [2.75, 3.05) is 19.8 Å². The molecule has 2 N–H and O–H groups in total. The van der Waals surface area contributed by atoms with Gasteiger partial charge in [-0.25, -0.2) is 0 Å². The fourth-order valence-electron chi connectivity index (χ4n) is 3.68. The summed E-state index contributed by atoms with van der Waals surface area (Å²) in [5, 5.41) is 16.9. The molecule has 0 spiro atoms. The summed E-state index contributed by atoms with van der Waals surface area (Å²) < 4.78 is 2.40. The van der Waals surface area contributed by atoms with Crippen LogP contribution in [0.1, 0.15) is 77.6 Å². The van der Waals surface area contributed by atoms with E-state index in [1.165, 1.54) is 38.5 Å². The second-order valence-electron chi connectivity index (χ2n) is 8.03. The Labute approximate surface area is 192 Å². The zero-order valence-corrected chi connectivity index (χ0v) is 21.3. The second-order valence-corrected chi connectivity index (χ2v) is 8.80. The smallest absolute Gasteiger partial charge is 0.191 e. The summed E-state index contributed by atoms with van der Waals surface area (Å²) in [7, 11) is 1.84. The van der Waals surface area contributed by atoms with Crippen LogP contribution >= 0.6 is 35.7 Å². The van der Waals surface area contributed by atoms with Gasteiger partial charge in [-0.2, -0.15) is 0 Å². The molecule has 0 aliphatic heterocycles. The van der Waals surface area contributed by atoms with Gasteiger partial charge in [-0.3, -0.25) is 4.99 Å². The Balaban J connectivity index is 0.00000392. The number of rotatable bonds is 10. The van der Waals surface area contributed by atoms with Crippen LogP contribution in [-0.2, 0) is 6.42 Å². The first-order valence-electron chi connectivity index (χ1n) is 10.5.